The topological polar surface area (TPSA) is 77.0 Å². The van der Waals surface area contributed by atoms with E-state index < -0.39 is 0 Å². The Hall–Kier alpha value is -2.50. The van der Waals surface area contributed by atoms with Crippen molar-refractivity contribution in [3.05, 3.63) is 48.2 Å². The maximum absolute atomic E-state index is 11.9. The minimum atomic E-state index is -0.249. The summed E-state index contributed by atoms with van der Waals surface area (Å²) in [4.78, 5) is 24.0. The van der Waals surface area contributed by atoms with Crippen molar-refractivity contribution in [3.63, 3.8) is 0 Å². The van der Waals surface area contributed by atoms with Gasteiger partial charge < -0.3 is 10.1 Å². The van der Waals surface area contributed by atoms with Crippen molar-refractivity contribution in [2.75, 3.05) is 0 Å². The fourth-order valence-electron chi connectivity index (χ4n) is 2.63. The minimum absolute atomic E-state index is 0.249. The second-order valence-electron chi connectivity index (χ2n) is 5.66. The molecule has 6 heteroatoms. The summed E-state index contributed by atoms with van der Waals surface area (Å²) in [7, 11) is 0. The third-order valence-corrected chi connectivity index (χ3v) is 3.89. The molecule has 23 heavy (non-hydrogen) atoms. The van der Waals surface area contributed by atoms with Gasteiger partial charge in [-0.1, -0.05) is 12.5 Å². The highest BCUT2D eigenvalue weighted by Crippen LogP contribution is 2.22. The van der Waals surface area contributed by atoms with E-state index in [1.165, 1.54) is 37.9 Å². The van der Waals surface area contributed by atoms with E-state index >= 15 is 0 Å². The maximum atomic E-state index is 11.9. The highest BCUT2D eigenvalue weighted by Gasteiger charge is 2.15. The Kier molecular flexibility index (Phi) is 5.13. The molecule has 0 atom stereocenters. The van der Waals surface area contributed by atoms with Gasteiger partial charge in [0.15, 0.2) is 0 Å². The normalized spacial score (nSPS) is 15.1. The number of aromatic nitrogens is 3. The van der Waals surface area contributed by atoms with Crippen molar-refractivity contribution in [3.8, 4) is 5.88 Å². The Bertz CT molecular complexity index is 625. The summed E-state index contributed by atoms with van der Waals surface area (Å²) in [6, 6.07) is 3.78. The van der Waals surface area contributed by atoms with E-state index in [0.29, 0.717) is 24.2 Å². The lowest BCUT2D eigenvalue weighted by atomic mass is 9.98. The summed E-state index contributed by atoms with van der Waals surface area (Å²) in [6.07, 6.45) is 12.5. The maximum Gasteiger partial charge on any atom is 0.271 e. The van der Waals surface area contributed by atoms with Crippen molar-refractivity contribution >= 4 is 5.91 Å². The van der Waals surface area contributed by atoms with Gasteiger partial charge in [0.2, 0.25) is 5.88 Å². The number of pyridine rings is 1. The highest BCUT2D eigenvalue weighted by atomic mass is 16.5. The van der Waals surface area contributed by atoms with Crippen molar-refractivity contribution in [1.29, 1.82) is 0 Å². The summed E-state index contributed by atoms with van der Waals surface area (Å²) in [6.45, 7) is 0.395. The fourth-order valence-corrected chi connectivity index (χ4v) is 2.63. The van der Waals surface area contributed by atoms with Crippen LogP contribution in [0.3, 0.4) is 0 Å². The molecular weight excluding hydrogens is 292 g/mol. The minimum Gasteiger partial charge on any atom is -0.474 e. The molecule has 1 amide bonds. The van der Waals surface area contributed by atoms with Crippen LogP contribution in [-0.4, -0.2) is 27.0 Å². The van der Waals surface area contributed by atoms with E-state index in [-0.39, 0.29) is 5.91 Å². The number of carbonyl (C=O) groups is 1. The fraction of sp³-hybridized carbons (Fsp3) is 0.412. The van der Waals surface area contributed by atoms with E-state index in [4.69, 9.17) is 4.74 Å². The quantitative estimate of drug-likeness (QED) is 0.918. The molecule has 1 aliphatic rings. The predicted molar refractivity (Wildman–Crippen MR) is 84.9 cm³/mol. The van der Waals surface area contributed by atoms with E-state index in [1.807, 2.05) is 12.1 Å². The van der Waals surface area contributed by atoms with Crippen molar-refractivity contribution < 1.29 is 9.53 Å². The molecule has 0 bridgehead atoms. The zero-order chi connectivity index (χ0) is 15.9. The van der Waals surface area contributed by atoms with E-state index in [2.05, 4.69) is 20.3 Å². The van der Waals surface area contributed by atoms with Gasteiger partial charge in [-0.15, -0.1) is 0 Å². The molecule has 2 aromatic heterocycles. The monoisotopic (exact) mass is 312 g/mol. The van der Waals surface area contributed by atoms with Crippen molar-refractivity contribution in [2.24, 2.45) is 0 Å². The van der Waals surface area contributed by atoms with Gasteiger partial charge >= 0.3 is 0 Å². The van der Waals surface area contributed by atoms with E-state index in [1.54, 1.807) is 6.20 Å². The second-order valence-corrected chi connectivity index (χ2v) is 5.66. The first-order valence-corrected chi connectivity index (χ1v) is 7.97. The van der Waals surface area contributed by atoms with Crippen LogP contribution in [-0.2, 0) is 6.54 Å². The molecule has 6 nitrogen and oxygen atoms in total. The average Bonchev–Trinajstić information content (AvgIpc) is 2.62. The van der Waals surface area contributed by atoms with E-state index in [0.717, 1.165) is 18.4 Å². The largest absolute Gasteiger partial charge is 0.474 e. The van der Waals surface area contributed by atoms with Crippen LogP contribution >= 0.6 is 0 Å². The van der Waals surface area contributed by atoms with Gasteiger partial charge in [-0.2, -0.15) is 0 Å². The van der Waals surface area contributed by atoms with Crippen LogP contribution in [0.25, 0.3) is 0 Å². The number of amides is 1. The summed E-state index contributed by atoms with van der Waals surface area (Å²) >= 11 is 0. The van der Waals surface area contributed by atoms with Crippen LogP contribution in [0.2, 0.25) is 0 Å². The lowest BCUT2D eigenvalue weighted by molar-refractivity contribution is 0.0945. The number of rotatable bonds is 5. The number of carbonyl (C=O) groups excluding carboxylic acids is 1. The summed E-state index contributed by atoms with van der Waals surface area (Å²) < 4.78 is 5.89. The molecule has 1 aliphatic carbocycles. The Morgan fingerprint density at radius 2 is 2.00 bits per heavy atom. The number of ether oxygens (including phenoxy) is 1. The molecule has 0 radical (unpaired) electrons. The molecule has 3 rings (SSSR count). The van der Waals surface area contributed by atoms with Crippen LogP contribution in [0.5, 0.6) is 5.88 Å². The van der Waals surface area contributed by atoms with Gasteiger partial charge in [0.05, 0.1) is 6.20 Å². The molecule has 2 heterocycles. The number of nitrogens with one attached hydrogen (secondary N) is 1. The van der Waals surface area contributed by atoms with Crippen LogP contribution in [0.4, 0.5) is 0 Å². The molecular formula is C17H20N4O2. The molecule has 0 aromatic carbocycles. The van der Waals surface area contributed by atoms with Crippen LogP contribution in [0.1, 0.15) is 48.2 Å². The zero-order valence-electron chi connectivity index (χ0n) is 12.9. The van der Waals surface area contributed by atoms with Gasteiger partial charge in [0, 0.05) is 31.2 Å². The van der Waals surface area contributed by atoms with Crippen molar-refractivity contribution in [1.82, 2.24) is 20.3 Å². The van der Waals surface area contributed by atoms with Crippen LogP contribution < -0.4 is 10.1 Å². The highest BCUT2D eigenvalue weighted by molar-refractivity contribution is 5.91. The molecule has 120 valence electrons. The summed E-state index contributed by atoms with van der Waals surface area (Å²) in [5.74, 6) is 0.404. The molecule has 0 aliphatic heterocycles. The molecule has 1 fully saturated rings. The van der Waals surface area contributed by atoms with E-state index in [9.17, 15) is 4.79 Å². The number of hydrogen-bond donors (Lipinski definition) is 1. The van der Waals surface area contributed by atoms with Crippen molar-refractivity contribution in [2.45, 2.75) is 44.8 Å². The molecule has 0 saturated heterocycles. The second kappa shape index (κ2) is 7.67. The number of nitrogens with zero attached hydrogens (tertiary/aromatic N) is 3. The summed E-state index contributed by atoms with van der Waals surface area (Å²) in [5.41, 5.74) is 1.22. The SMILES string of the molecule is O=C(NCc1ccc(OC2CCCCC2)nc1)c1cnccn1. The standard InChI is InChI=1S/C17H20N4O2/c22-17(15-12-18-8-9-19-15)21-11-13-6-7-16(20-10-13)23-14-4-2-1-3-5-14/h6-10,12,14H,1-5,11H2,(H,21,22). The molecule has 0 spiro atoms. The number of hydrogen-bond acceptors (Lipinski definition) is 5. The first kappa shape index (κ1) is 15.4. The lowest BCUT2D eigenvalue weighted by Crippen LogP contribution is -2.24. The smallest absolute Gasteiger partial charge is 0.271 e. The Morgan fingerprint density at radius 3 is 2.70 bits per heavy atom. The Balaban J connectivity index is 1.50. The Labute approximate surface area is 135 Å². The lowest BCUT2D eigenvalue weighted by Gasteiger charge is -2.22. The molecule has 0 unspecified atom stereocenters. The molecule has 1 saturated carbocycles. The molecule has 1 N–H and O–H groups in total. The molecule has 2 aromatic rings. The van der Waals surface area contributed by atoms with Gasteiger partial charge in [-0.25, -0.2) is 9.97 Å². The third-order valence-electron chi connectivity index (χ3n) is 3.89. The Morgan fingerprint density at radius 1 is 1.13 bits per heavy atom. The van der Waals surface area contributed by atoms with Gasteiger partial charge in [-0.3, -0.25) is 9.78 Å². The first-order chi connectivity index (χ1) is 11.3. The van der Waals surface area contributed by atoms with Gasteiger partial charge in [0.1, 0.15) is 11.8 Å². The average molecular weight is 312 g/mol. The third kappa shape index (κ3) is 4.48. The first-order valence-electron chi connectivity index (χ1n) is 7.97. The van der Waals surface area contributed by atoms with Gasteiger partial charge in [-0.05, 0) is 31.2 Å². The van der Waals surface area contributed by atoms with Crippen LogP contribution in [0, 0.1) is 0 Å². The predicted octanol–water partition coefficient (Wildman–Crippen LogP) is 2.51. The summed E-state index contributed by atoms with van der Waals surface area (Å²) in [5, 5.41) is 2.79. The van der Waals surface area contributed by atoms with Gasteiger partial charge in [0.25, 0.3) is 5.91 Å². The van der Waals surface area contributed by atoms with Crippen LogP contribution in [0.15, 0.2) is 36.9 Å². The zero-order valence-corrected chi connectivity index (χ0v) is 12.9.